The number of likely N-dealkylation sites (tertiary alicyclic amines) is 1. The highest BCUT2D eigenvalue weighted by Gasteiger charge is 2.37. The van der Waals surface area contributed by atoms with E-state index in [4.69, 9.17) is 0 Å². The zero-order valence-electron chi connectivity index (χ0n) is 11.8. The number of hydrogen-bond donors (Lipinski definition) is 0. The van der Waals surface area contributed by atoms with Crippen LogP contribution in [0.2, 0.25) is 0 Å². The monoisotopic (exact) mass is 263 g/mol. The molecule has 3 rings (SSSR count). The van der Waals surface area contributed by atoms with Crippen LogP contribution in [-0.2, 0) is 9.59 Å². The van der Waals surface area contributed by atoms with Crippen molar-refractivity contribution in [1.82, 2.24) is 4.90 Å². The van der Waals surface area contributed by atoms with Gasteiger partial charge in [-0.1, -0.05) is 6.42 Å². The first-order chi connectivity index (χ1) is 9.24. The van der Waals surface area contributed by atoms with Crippen LogP contribution in [0.15, 0.2) is 0 Å². The molecule has 106 valence electrons. The summed E-state index contributed by atoms with van der Waals surface area (Å²) in [6.07, 6.45) is 10.3. The third-order valence-electron chi connectivity index (χ3n) is 5.44. The largest absolute Gasteiger partial charge is 0.339 e. The minimum atomic E-state index is 0.371. The molecule has 0 aromatic rings. The number of piperidine rings is 1. The zero-order chi connectivity index (χ0) is 13.2. The van der Waals surface area contributed by atoms with Crippen molar-refractivity contribution < 1.29 is 9.59 Å². The van der Waals surface area contributed by atoms with Gasteiger partial charge in [-0.3, -0.25) is 9.59 Å². The number of Topliss-reactive ketones (excluding diaryl/α,β-unsaturated/α-hetero) is 1. The van der Waals surface area contributed by atoms with Gasteiger partial charge in [-0.15, -0.1) is 0 Å². The standard InChI is InChI=1S/C16H25NO2/c18-14-8-6-12(7-9-14)11-16(19)17-10-2-4-13-3-1-5-15(13)17/h12-13,15H,1-11H2/t13-,15-/m1/s1. The van der Waals surface area contributed by atoms with E-state index in [-0.39, 0.29) is 0 Å². The Morgan fingerprint density at radius 3 is 2.58 bits per heavy atom. The summed E-state index contributed by atoms with van der Waals surface area (Å²) in [7, 11) is 0. The fourth-order valence-electron chi connectivity index (χ4n) is 4.33. The first-order valence-electron chi connectivity index (χ1n) is 8.05. The molecule has 0 aromatic carbocycles. The summed E-state index contributed by atoms with van der Waals surface area (Å²) in [6, 6.07) is 0.548. The van der Waals surface area contributed by atoms with E-state index in [1.165, 1.54) is 32.1 Å². The fraction of sp³-hybridized carbons (Fsp3) is 0.875. The SMILES string of the molecule is O=C1CCC(CC(=O)N2CCC[C@H]3CCC[C@H]32)CC1. The minimum Gasteiger partial charge on any atom is -0.339 e. The third-order valence-corrected chi connectivity index (χ3v) is 5.44. The van der Waals surface area contributed by atoms with Gasteiger partial charge < -0.3 is 4.90 Å². The molecule has 0 radical (unpaired) electrons. The highest BCUT2D eigenvalue weighted by atomic mass is 16.2. The normalized spacial score (nSPS) is 32.4. The van der Waals surface area contributed by atoms with Crippen LogP contribution in [0.3, 0.4) is 0 Å². The molecule has 1 amide bonds. The lowest BCUT2D eigenvalue weighted by molar-refractivity contribution is -0.137. The topological polar surface area (TPSA) is 37.4 Å². The van der Waals surface area contributed by atoms with Gasteiger partial charge in [-0.25, -0.2) is 0 Å². The van der Waals surface area contributed by atoms with Crippen molar-refractivity contribution >= 4 is 11.7 Å². The van der Waals surface area contributed by atoms with E-state index in [9.17, 15) is 9.59 Å². The third kappa shape index (κ3) is 2.85. The molecule has 2 saturated carbocycles. The molecule has 3 nitrogen and oxygen atoms in total. The molecular formula is C16H25NO2. The Labute approximate surface area is 115 Å². The number of hydrogen-bond acceptors (Lipinski definition) is 2. The number of ketones is 1. The minimum absolute atomic E-state index is 0.371. The van der Waals surface area contributed by atoms with E-state index < -0.39 is 0 Å². The lowest BCUT2D eigenvalue weighted by atomic mass is 9.85. The smallest absolute Gasteiger partial charge is 0.223 e. The molecule has 2 atom stereocenters. The number of nitrogens with zero attached hydrogens (tertiary/aromatic N) is 1. The second kappa shape index (κ2) is 5.64. The van der Waals surface area contributed by atoms with E-state index in [1.54, 1.807) is 0 Å². The predicted octanol–water partition coefficient (Wildman–Crippen LogP) is 2.93. The lowest BCUT2D eigenvalue weighted by Gasteiger charge is -2.38. The van der Waals surface area contributed by atoms with Gasteiger partial charge in [-0.05, 0) is 50.4 Å². The average Bonchev–Trinajstić information content (AvgIpc) is 2.89. The van der Waals surface area contributed by atoms with Gasteiger partial charge in [0.15, 0.2) is 0 Å². The van der Waals surface area contributed by atoms with Crippen molar-refractivity contribution in [3.8, 4) is 0 Å². The molecule has 0 unspecified atom stereocenters. The average molecular weight is 263 g/mol. The van der Waals surface area contributed by atoms with Crippen LogP contribution in [0.1, 0.15) is 64.2 Å². The van der Waals surface area contributed by atoms with E-state index in [0.29, 0.717) is 42.9 Å². The maximum absolute atomic E-state index is 12.5. The van der Waals surface area contributed by atoms with Crippen molar-refractivity contribution in [2.75, 3.05) is 6.54 Å². The van der Waals surface area contributed by atoms with Crippen molar-refractivity contribution in [3.05, 3.63) is 0 Å². The summed E-state index contributed by atoms with van der Waals surface area (Å²) in [5.41, 5.74) is 0. The summed E-state index contributed by atoms with van der Waals surface area (Å²) in [5.74, 6) is 2.01. The second-order valence-corrected chi connectivity index (χ2v) is 6.67. The Kier molecular flexibility index (Phi) is 3.90. The van der Waals surface area contributed by atoms with Gasteiger partial charge >= 0.3 is 0 Å². The molecule has 0 aromatic heterocycles. The van der Waals surface area contributed by atoms with Gasteiger partial charge in [0.1, 0.15) is 5.78 Å². The molecular weight excluding hydrogens is 238 g/mol. The predicted molar refractivity (Wildman–Crippen MR) is 73.7 cm³/mol. The van der Waals surface area contributed by atoms with Crippen molar-refractivity contribution in [2.24, 2.45) is 11.8 Å². The van der Waals surface area contributed by atoms with E-state index in [1.807, 2.05) is 0 Å². The number of rotatable bonds is 2. The maximum atomic E-state index is 12.5. The number of carbonyl (C=O) groups is 2. The van der Waals surface area contributed by atoms with Crippen molar-refractivity contribution in [2.45, 2.75) is 70.3 Å². The highest BCUT2D eigenvalue weighted by Crippen LogP contribution is 2.37. The molecule has 3 fully saturated rings. The van der Waals surface area contributed by atoms with Gasteiger partial charge in [0.05, 0.1) is 0 Å². The molecule has 1 aliphatic heterocycles. The Balaban J connectivity index is 1.56. The number of fused-ring (bicyclic) bond motifs is 1. The summed E-state index contributed by atoms with van der Waals surface area (Å²) in [4.78, 5) is 26.0. The maximum Gasteiger partial charge on any atom is 0.223 e. The van der Waals surface area contributed by atoms with E-state index in [0.717, 1.165) is 25.3 Å². The Hall–Kier alpha value is -0.860. The Morgan fingerprint density at radius 1 is 1.05 bits per heavy atom. The van der Waals surface area contributed by atoms with Gasteiger partial charge in [0.25, 0.3) is 0 Å². The number of carbonyl (C=O) groups excluding carboxylic acids is 2. The zero-order valence-corrected chi connectivity index (χ0v) is 11.8. The lowest BCUT2D eigenvalue weighted by Crippen LogP contribution is -2.46. The molecule has 2 aliphatic carbocycles. The Bertz CT molecular complexity index is 356. The van der Waals surface area contributed by atoms with Gasteiger partial charge in [0.2, 0.25) is 5.91 Å². The quantitative estimate of drug-likeness (QED) is 0.768. The van der Waals surface area contributed by atoms with E-state index >= 15 is 0 Å². The first-order valence-corrected chi connectivity index (χ1v) is 8.05. The van der Waals surface area contributed by atoms with Crippen LogP contribution in [0.5, 0.6) is 0 Å². The molecule has 1 saturated heterocycles. The summed E-state index contributed by atoms with van der Waals surface area (Å²) in [6.45, 7) is 0.978. The van der Waals surface area contributed by atoms with Crippen molar-refractivity contribution in [1.29, 1.82) is 0 Å². The van der Waals surface area contributed by atoms with E-state index in [2.05, 4.69) is 4.90 Å². The summed E-state index contributed by atoms with van der Waals surface area (Å²) in [5, 5.41) is 0. The molecule has 3 heteroatoms. The van der Waals surface area contributed by atoms with Crippen LogP contribution < -0.4 is 0 Å². The molecule has 1 heterocycles. The molecule has 0 spiro atoms. The first kappa shape index (κ1) is 13.1. The van der Waals surface area contributed by atoms with Gasteiger partial charge in [-0.2, -0.15) is 0 Å². The number of amides is 1. The van der Waals surface area contributed by atoms with Crippen LogP contribution in [0.4, 0.5) is 0 Å². The summed E-state index contributed by atoms with van der Waals surface area (Å²) < 4.78 is 0. The van der Waals surface area contributed by atoms with Gasteiger partial charge in [0, 0.05) is 31.8 Å². The molecule has 0 bridgehead atoms. The van der Waals surface area contributed by atoms with Crippen LogP contribution in [0.25, 0.3) is 0 Å². The molecule has 19 heavy (non-hydrogen) atoms. The van der Waals surface area contributed by atoms with Crippen LogP contribution in [-0.4, -0.2) is 29.2 Å². The van der Waals surface area contributed by atoms with Crippen LogP contribution in [0, 0.1) is 11.8 Å². The molecule has 0 N–H and O–H groups in total. The van der Waals surface area contributed by atoms with Crippen molar-refractivity contribution in [3.63, 3.8) is 0 Å². The van der Waals surface area contributed by atoms with Crippen LogP contribution >= 0.6 is 0 Å². The fourth-order valence-corrected chi connectivity index (χ4v) is 4.33. The summed E-state index contributed by atoms with van der Waals surface area (Å²) >= 11 is 0. The molecule has 3 aliphatic rings. The second-order valence-electron chi connectivity index (χ2n) is 6.67. The highest BCUT2D eigenvalue weighted by molar-refractivity contribution is 5.80. The Morgan fingerprint density at radius 2 is 1.79 bits per heavy atom.